The molecule has 0 saturated heterocycles. The highest BCUT2D eigenvalue weighted by Gasteiger charge is 2.22. The minimum absolute atomic E-state index is 0.00264. The van der Waals surface area contributed by atoms with Crippen LogP contribution in [0.2, 0.25) is 0 Å². The highest BCUT2D eigenvalue weighted by Crippen LogP contribution is 2.39. The summed E-state index contributed by atoms with van der Waals surface area (Å²) in [6, 6.07) is 23.3. The van der Waals surface area contributed by atoms with Crippen LogP contribution in [0, 0.1) is 0 Å². The molecule has 4 aromatic rings. The summed E-state index contributed by atoms with van der Waals surface area (Å²) >= 11 is 0. The first-order chi connectivity index (χ1) is 18.5. The van der Waals surface area contributed by atoms with Crippen molar-refractivity contribution >= 4 is 61.3 Å². The van der Waals surface area contributed by atoms with Gasteiger partial charge in [0.2, 0.25) is 5.91 Å². The van der Waals surface area contributed by atoms with Crippen molar-refractivity contribution in [3.05, 3.63) is 84.6 Å². The van der Waals surface area contributed by atoms with Crippen LogP contribution in [0.3, 0.4) is 0 Å². The Bertz CT molecular complexity index is 1610. The number of pyridine rings is 1. The van der Waals surface area contributed by atoms with Gasteiger partial charge in [-0.3, -0.25) is 14.1 Å². The second-order valence-corrected chi connectivity index (χ2v) is 10.6. The van der Waals surface area contributed by atoms with Gasteiger partial charge in [-0.2, -0.15) is 8.42 Å². The molecule has 3 N–H and O–H groups in total. The van der Waals surface area contributed by atoms with E-state index in [4.69, 9.17) is 4.55 Å². The van der Waals surface area contributed by atoms with Crippen LogP contribution in [0.1, 0.15) is 16.8 Å². The van der Waals surface area contributed by atoms with Gasteiger partial charge in [0.1, 0.15) is 5.82 Å². The maximum absolute atomic E-state index is 12.9. The molecule has 202 valence electrons. The molecule has 11 heteroatoms. The van der Waals surface area contributed by atoms with Gasteiger partial charge in [0.05, 0.1) is 23.2 Å². The van der Waals surface area contributed by atoms with E-state index in [9.17, 15) is 18.0 Å². The van der Waals surface area contributed by atoms with E-state index in [2.05, 4.69) is 26.6 Å². The molecule has 1 aliphatic rings. The van der Waals surface area contributed by atoms with Crippen molar-refractivity contribution in [2.45, 2.75) is 6.42 Å². The molecule has 2 amide bonds. The Hall–Kier alpha value is -4.48. The molecule has 5 rings (SSSR count). The number of aromatic nitrogens is 1. The fourth-order valence-electron chi connectivity index (χ4n) is 4.27. The molecule has 0 unspecified atom stereocenters. The minimum Gasteiger partial charge on any atom is -0.362 e. The molecule has 39 heavy (non-hydrogen) atoms. The topological polar surface area (TPSA) is 132 Å². The van der Waals surface area contributed by atoms with E-state index in [1.807, 2.05) is 73.6 Å². The number of anilines is 5. The third-order valence-electron chi connectivity index (χ3n) is 5.92. The monoisotopic (exact) mass is 547 g/mol. The molecule has 0 fully saturated rings. The fraction of sp³-hybridized carbons (Fsp3) is 0.179. The van der Waals surface area contributed by atoms with E-state index in [-0.39, 0.29) is 11.8 Å². The van der Waals surface area contributed by atoms with Crippen molar-refractivity contribution < 1.29 is 22.6 Å². The standard InChI is InChI=1S/C27H25N5O2.CH4O3S/c1-31(2)26-22(8-5-16-28-26)27(34)29-19-10-12-20(13-11-19)32-17-15-24(33)30-25-21-7-4-3-6-18(21)9-14-23(25)32;1-5(2,3)4/h3-14,16H,15,17H2,1-2H3,(H,29,34)(H,30,33);1H3,(H,2,3,4). The summed E-state index contributed by atoms with van der Waals surface area (Å²) < 4.78 is 25.9. The number of nitrogens with zero attached hydrogens (tertiary/aromatic N) is 3. The van der Waals surface area contributed by atoms with E-state index >= 15 is 0 Å². The van der Waals surface area contributed by atoms with Crippen LogP contribution >= 0.6 is 0 Å². The van der Waals surface area contributed by atoms with Crippen LogP contribution in [0.15, 0.2) is 79.0 Å². The Labute approximate surface area is 227 Å². The van der Waals surface area contributed by atoms with Crippen molar-refractivity contribution in [3.8, 4) is 0 Å². The van der Waals surface area contributed by atoms with Crippen molar-refractivity contribution in [2.24, 2.45) is 0 Å². The molecule has 0 radical (unpaired) electrons. The molecule has 1 aliphatic heterocycles. The van der Waals surface area contributed by atoms with E-state index < -0.39 is 10.1 Å². The molecule has 1 aromatic heterocycles. The zero-order valence-corrected chi connectivity index (χ0v) is 22.6. The zero-order valence-electron chi connectivity index (χ0n) is 21.7. The molecular formula is C28H29N5O5S. The third kappa shape index (κ3) is 6.89. The van der Waals surface area contributed by atoms with Crippen molar-refractivity contribution in [3.63, 3.8) is 0 Å². The smallest absolute Gasteiger partial charge is 0.261 e. The zero-order chi connectivity index (χ0) is 28.2. The summed E-state index contributed by atoms with van der Waals surface area (Å²) in [5, 5.41) is 8.13. The van der Waals surface area contributed by atoms with Crippen LogP contribution in [-0.2, 0) is 14.9 Å². The number of fused-ring (bicyclic) bond motifs is 3. The van der Waals surface area contributed by atoms with E-state index in [1.54, 1.807) is 18.3 Å². The Kier molecular flexibility index (Phi) is 8.12. The first-order valence-electron chi connectivity index (χ1n) is 12.1. The van der Waals surface area contributed by atoms with Crippen molar-refractivity contribution in [1.82, 2.24) is 4.98 Å². The highest BCUT2D eigenvalue weighted by molar-refractivity contribution is 7.85. The Balaban J connectivity index is 0.000000648. The summed E-state index contributed by atoms with van der Waals surface area (Å²) in [6.07, 6.45) is 2.77. The molecule has 0 spiro atoms. The summed E-state index contributed by atoms with van der Waals surface area (Å²) in [5.74, 6) is 0.394. The van der Waals surface area contributed by atoms with E-state index in [0.717, 1.165) is 27.8 Å². The molecule has 10 nitrogen and oxygen atoms in total. The van der Waals surface area contributed by atoms with Gasteiger partial charge in [-0.15, -0.1) is 0 Å². The van der Waals surface area contributed by atoms with Gasteiger partial charge >= 0.3 is 0 Å². The number of rotatable bonds is 4. The number of hydrogen-bond acceptors (Lipinski definition) is 7. The van der Waals surface area contributed by atoms with Gasteiger partial charge in [0.15, 0.2) is 0 Å². The molecule has 3 aromatic carbocycles. The van der Waals surface area contributed by atoms with Gasteiger partial charge in [-0.05, 0) is 47.9 Å². The predicted molar refractivity (Wildman–Crippen MR) is 155 cm³/mol. The number of carbonyl (C=O) groups excluding carboxylic acids is 2. The Morgan fingerprint density at radius 3 is 2.41 bits per heavy atom. The Morgan fingerprint density at radius 2 is 1.72 bits per heavy atom. The van der Waals surface area contributed by atoms with Gasteiger partial charge in [-0.1, -0.05) is 30.3 Å². The number of amides is 2. The van der Waals surface area contributed by atoms with Gasteiger partial charge in [0, 0.05) is 50.0 Å². The minimum atomic E-state index is -3.67. The second kappa shape index (κ2) is 11.5. The fourth-order valence-corrected chi connectivity index (χ4v) is 4.27. The third-order valence-corrected chi connectivity index (χ3v) is 5.92. The van der Waals surface area contributed by atoms with E-state index in [1.165, 1.54) is 0 Å². The van der Waals surface area contributed by atoms with Crippen LogP contribution < -0.4 is 20.4 Å². The lowest BCUT2D eigenvalue weighted by molar-refractivity contribution is -0.115. The van der Waals surface area contributed by atoms with E-state index in [0.29, 0.717) is 36.3 Å². The summed E-state index contributed by atoms with van der Waals surface area (Å²) in [6.45, 7) is 0.560. The number of carbonyl (C=O) groups is 2. The normalized spacial score (nSPS) is 12.9. The maximum atomic E-state index is 12.9. The van der Waals surface area contributed by atoms with Crippen LogP contribution in [0.5, 0.6) is 0 Å². The lowest BCUT2D eigenvalue weighted by Gasteiger charge is -2.25. The van der Waals surface area contributed by atoms with Gasteiger partial charge < -0.3 is 20.4 Å². The lowest BCUT2D eigenvalue weighted by atomic mass is 10.1. The molecule has 0 aliphatic carbocycles. The first kappa shape index (κ1) is 27.6. The first-order valence-corrected chi connectivity index (χ1v) is 13.9. The molecule has 2 heterocycles. The van der Waals surface area contributed by atoms with Crippen LogP contribution in [0.25, 0.3) is 10.8 Å². The van der Waals surface area contributed by atoms with Crippen LogP contribution in [-0.4, -0.2) is 56.7 Å². The van der Waals surface area contributed by atoms with Gasteiger partial charge in [0.25, 0.3) is 16.0 Å². The lowest BCUT2D eigenvalue weighted by Crippen LogP contribution is -2.20. The molecular weight excluding hydrogens is 518 g/mol. The van der Waals surface area contributed by atoms with Crippen molar-refractivity contribution in [1.29, 1.82) is 0 Å². The number of hydrogen-bond donors (Lipinski definition) is 3. The maximum Gasteiger partial charge on any atom is 0.261 e. The average Bonchev–Trinajstić information content (AvgIpc) is 3.06. The molecule has 0 bridgehead atoms. The second-order valence-electron chi connectivity index (χ2n) is 9.13. The molecule has 0 atom stereocenters. The average molecular weight is 548 g/mol. The Morgan fingerprint density at radius 1 is 1.03 bits per heavy atom. The molecule has 0 saturated carbocycles. The summed E-state index contributed by atoms with van der Waals surface area (Å²) in [4.78, 5) is 33.6. The largest absolute Gasteiger partial charge is 0.362 e. The van der Waals surface area contributed by atoms with Crippen LogP contribution in [0.4, 0.5) is 28.6 Å². The van der Waals surface area contributed by atoms with Gasteiger partial charge in [-0.25, -0.2) is 4.98 Å². The van der Waals surface area contributed by atoms with Crippen molar-refractivity contribution in [2.75, 3.05) is 47.3 Å². The predicted octanol–water partition coefficient (Wildman–Crippen LogP) is 4.54. The number of nitrogens with one attached hydrogen (secondary N) is 2. The number of benzene rings is 3. The quantitative estimate of drug-likeness (QED) is 0.318. The SMILES string of the molecule is CN(C)c1ncccc1C(=O)Nc1ccc(N2CCC(=O)Nc3c2ccc2ccccc32)cc1.CS(=O)(=O)O. The summed E-state index contributed by atoms with van der Waals surface area (Å²) in [5.41, 5.74) is 3.92. The highest BCUT2D eigenvalue weighted by atomic mass is 32.2. The summed E-state index contributed by atoms with van der Waals surface area (Å²) in [7, 11) is 0.0471.